The van der Waals surface area contributed by atoms with Gasteiger partial charge < -0.3 is 15.8 Å². The Balaban J connectivity index is 2.40. The molecule has 1 unspecified atom stereocenters. The van der Waals surface area contributed by atoms with Gasteiger partial charge in [-0.25, -0.2) is 0 Å². The molecule has 2 rings (SSSR count). The van der Waals surface area contributed by atoms with Crippen LogP contribution < -0.4 is 15.8 Å². The molecular formula is C10H12N2OS. The topological polar surface area (TPSA) is 47.3 Å². The molecule has 3 N–H and O–H groups in total. The zero-order chi connectivity index (χ0) is 10.1. The molecule has 3 nitrogen and oxygen atoms in total. The van der Waals surface area contributed by atoms with E-state index in [0.29, 0.717) is 10.7 Å². The van der Waals surface area contributed by atoms with Crippen molar-refractivity contribution in [3.63, 3.8) is 0 Å². The van der Waals surface area contributed by atoms with Gasteiger partial charge in [0.2, 0.25) is 0 Å². The lowest BCUT2D eigenvalue weighted by Crippen LogP contribution is -2.35. The highest BCUT2D eigenvalue weighted by Gasteiger charge is 2.23. The summed E-state index contributed by atoms with van der Waals surface area (Å²) >= 11 is 5.17. The zero-order valence-electron chi connectivity index (χ0n) is 7.91. The SMILES string of the molecule is CCC1Oc2cccc(N)c2NC1=S. The average Bonchev–Trinajstić information content (AvgIpc) is 2.19. The summed E-state index contributed by atoms with van der Waals surface area (Å²) in [5.74, 6) is 0.783. The number of ether oxygens (including phenoxy) is 1. The highest BCUT2D eigenvalue weighted by atomic mass is 32.1. The van der Waals surface area contributed by atoms with E-state index < -0.39 is 0 Å². The Morgan fingerprint density at radius 1 is 1.57 bits per heavy atom. The molecule has 1 heterocycles. The minimum absolute atomic E-state index is 0.0284. The summed E-state index contributed by atoms with van der Waals surface area (Å²) in [5.41, 5.74) is 7.25. The number of thiocarbonyl (C=S) groups is 1. The van der Waals surface area contributed by atoms with Crippen molar-refractivity contribution in [1.82, 2.24) is 0 Å². The van der Waals surface area contributed by atoms with Crippen LogP contribution in [0.1, 0.15) is 13.3 Å². The van der Waals surface area contributed by atoms with E-state index in [9.17, 15) is 0 Å². The third kappa shape index (κ3) is 1.42. The van der Waals surface area contributed by atoms with E-state index >= 15 is 0 Å². The van der Waals surface area contributed by atoms with Crippen LogP contribution >= 0.6 is 12.2 Å². The van der Waals surface area contributed by atoms with Crippen molar-refractivity contribution in [2.75, 3.05) is 11.1 Å². The summed E-state index contributed by atoms with van der Waals surface area (Å²) in [7, 11) is 0. The van der Waals surface area contributed by atoms with Gasteiger partial charge in [0.05, 0.1) is 5.69 Å². The van der Waals surface area contributed by atoms with E-state index in [4.69, 9.17) is 22.7 Å². The van der Waals surface area contributed by atoms with Crippen molar-refractivity contribution in [1.29, 1.82) is 0 Å². The first kappa shape index (κ1) is 9.27. The summed E-state index contributed by atoms with van der Waals surface area (Å²) < 4.78 is 5.69. The smallest absolute Gasteiger partial charge is 0.149 e. The second-order valence-corrected chi connectivity index (χ2v) is 3.66. The summed E-state index contributed by atoms with van der Waals surface area (Å²) in [6.45, 7) is 2.04. The first-order valence-corrected chi connectivity index (χ1v) is 4.99. The highest BCUT2D eigenvalue weighted by Crippen LogP contribution is 2.35. The van der Waals surface area contributed by atoms with Crippen LogP contribution in [0.2, 0.25) is 0 Å². The van der Waals surface area contributed by atoms with Crippen molar-refractivity contribution >= 4 is 28.6 Å². The zero-order valence-corrected chi connectivity index (χ0v) is 8.73. The molecule has 0 fully saturated rings. The molecule has 0 spiro atoms. The predicted molar refractivity (Wildman–Crippen MR) is 61.8 cm³/mol. The Bertz CT molecular complexity index is 378. The molecule has 0 amide bonds. The molecular weight excluding hydrogens is 196 g/mol. The van der Waals surface area contributed by atoms with Gasteiger partial charge in [-0.1, -0.05) is 25.2 Å². The number of nitrogens with one attached hydrogen (secondary N) is 1. The maximum atomic E-state index is 5.79. The molecule has 4 heteroatoms. The molecule has 0 bridgehead atoms. The normalized spacial score (nSPS) is 19.5. The molecule has 0 saturated heterocycles. The Hall–Kier alpha value is -1.29. The standard InChI is InChI=1S/C10H12N2OS/c1-2-7-10(14)12-9-6(11)4-3-5-8(9)13-7/h3-5,7H,2,11H2,1H3,(H,12,14). The van der Waals surface area contributed by atoms with E-state index in [2.05, 4.69) is 5.32 Å². The third-order valence-corrected chi connectivity index (χ3v) is 2.60. The first-order chi connectivity index (χ1) is 6.72. The van der Waals surface area contributed by atoms with E-state index in [0.717, 1.165) is 17.9 Å². The van der Waals surface area contributed by atoms with Crippen LogP contribution in [0.5, 0.6) is 5.75 Å². The molecule has 1 aliphatic heterocycles. The van der Waals surface area contributed by atoms with Crippen LogP contribution in [-0.4, -0.2) is 11.1 Å². The van der Waals surface area contributed by atoms with Crippen molar-refractivity contribution < 1.29 is 4.74 Å². The number of hydrogen-bond donors (Lipinski definition) is 2. The summed E-state index contributed by atoms with van der Waals surface area (Å²) in [6.07, 6.45) is 0.833. The van der Waals surface area contributed by atoms with Gasteiger partial charge in [-0.05, 0) is 18.6 Å². The van der Waals surface area contributed by atoms with Crippen molar-refractivity contribution in [2.45, 2.75) is 19.4 Å². The molecule has 1 atom stereocenters. The fraction of sp³-hybridized carbons (Fsp3) is 0.300. The van der Waals surface area contributed by atoms with Gasteiger partial charge in [-0.15, -0.1) is 0 Å². The quantitative estimate of drug-likeness (QED) is 0.548. The average molecular weight is 208 g/mol. The van der Waals surface area contributed by atoms with Gasteiger partial charge in [0.1, 0.15) is 22.5 Å². The second kappa shape index (κ2) is 3.46. The Kier molecular flexibility index (Phi) is 2.29. The summed E-state index contributed by atoms with van der Waals surface area (Å²) in [4.78, 5) is 0.706. The largest absolute Gasteiger partial charge is 0.481 e. The monoisotopic (exact) mass is 208 g/mol. The van der Waals surface area contributed by atoms with Gasteiger partial charge in [0.15, 0.2) is 0 Å². The van der Waals surface area contributed by atoms with E-state index in [1.165, 1.54) is 0 Å². The minimum atomic E-state index is -0.0284. The number of benzene rings is 1. The van der Waals surface area contributed by atoms with Crippen LogP contribution in [-0.2, 0) is 0 Å². The summed E-state index contributed by atoms with van der Waals surface area (Å²) in [6, 6.07) is 5.59. The number of nitrogen functional groups attached to an aromatic ring is 1. The van der Waals surface area contributed by atoms with E-state index in [-0.39, 0.29) is 6.10 Å². The first-order valence-electron chi connectivity index (χ1n) is 4.58. The Morgan fingerprint density at radius 2 is 2.36 bits per heavy atom. The second-order valence-electron chi connectivity index (χ2n) is 3.22. The van der Waals surface area contributed by atoms with Crippen LogP contribution in [0.25, 0.3) is 0 Å². The van der Waals surface area contributed by atoms with Gasteiger partial charge in [-0.2, -0.15) is 0 Å². The van der Waals surface area contributed by atoms with Crippen molar-refractivity contribution in [3.05, 3.63) is 18.2 Å². The minimum Gasteiger partial charge on any atom is -0.481 e. The molecule has 0 aliphatic carbocycles. The van der Waals surface area contributed by atoms with Crippen LogP contribution in [0, 0.1) is 0 Å². The van der Waals surface area contributed by atoms with Gasteiger partial charge >= 0.3 is 0 Å². The molecule has 14 heavy (non-hydrogen) atoms. The fourth-order valence-electron chi connectivity index (χ4n) is 1.46. The van der Waals surface area contributed by atoms with Crippen molar-refractivity contribution in [2.24, 2.45) is 0 Å². The molecule has 0 radical (unpaired) electrons. The fourth-order valence-corrected chi connectivity index (χ4v) is 1.78. The van der Waals surface area contributed by atoms with Gasteiger partial charge in [-0.3, -0.25) is 0 Å². The Labute approximate surface area is 88.2 Å². The number of fused-ring (bicyclic) bond motifs is 1. The molecule has 74 valence electrons. The van der Waals surface area contributed by atoms with Crippen LogP contribution in [0.3, 0.4) is 0 Å². The van der Waals surface area contributed by atoms with E-state index in [1.807, 2.05) is 25.1 Å². The predicted octanol–water partition coefficient (Wildman–Crippen LogP) is 2.18. The van der Waals surface area contributed by atoms with Gasteiger partial charge in [0.25, 0.3) is 0 Å². The van der Waals surface area contributed by atoms with Crippen LogP contribution in [0.15, 0.2) is 18.2 Å². The number of anilines is 2. The Morgan fingerprint density at radius 3 is 3.07 bits per heavy atom. The number of nitrogens with two attached hydrogens (primary N) is 1. The lowest BCUT2D eigenvalue weighted by atomic mass is 10.2. The maximum Gasteiger partial charge on any atom is 0.149 e. The molecule has 0 aromatic heterocycles. The number of rotatable bonds is 1. The lowest BCUT2D eigenvalue weighted by molar-refractivity contribution is 0.261. The molecule has 1 aromatic carbocycles. The molecule has 0 saturated carbocycles. The van der Waals surface area contributed by atoms with Crippen LogP contribution in [0.4, 0.5) is 11.4 Å². The van der Waals surface area contributed by atoms with Gasteiger partial charge in [0, 0.05) is 0 Å². The van der Waals surface area contributed by atoms with E-state index in [1.54, 1.807) is 0 Å². The highest BCUT2D eigenvalue weighted by molar-refractivity contribution is 7.80. The maximum absolute atomic E-state index is 5.79. The number of para-hydroxylation sites is 1. The third-order valence-electron chi connectivity index (χ3n) is 2.24. The number of hydrogen-bond acceptors (Lipinski definition) is 3. The van der Waals surface area contributed by atoms with Crippen molar-refractivity contribution in [3.8, 4) is 5.75 Å². The molecule has 1 aliphatic rings. The molecule has 1 aromatic rings. The summed E-state index contributed by atoms with van der Waals surface area (Å²) in [5, 5.41) is 3.11. The lowest BCUT2D eigenvalue weighted by Gasteiger charge is -2.27.